The SMILES string of the molecule is Cc1ccccc1NC(=O)c1c(NC(=O)COc2ccccc2)sc2c1CCC(C(C)(C)C)C2. The number of carbonyl (C=O) groups is 2. The van der Waals surface area contributed by atoms with Crippen molar-refractivity contribution in [1.29, 1.82) is 0 Å². The molecule has 1 heterocycles. The predicted molar refractivity (Wildman–Crippen MR) is 139 cm³/mol. The quantitative estimate of drug-likeness (QED) is 0.428. The number of carbonyl (C=O) groups excluding carboxylic acids is 2. The van der Waals surface area contributed by atoms with Gasteiger partial charge >= 0.3 is 0 Å². The Balaban J connectivity index is 1.59. The fourth-order valence-electron chi connectivity index (χ4n) is 4.38. The van der Waals surface area contributed by atoms with Gasteiger partial charge in [0.05, 0.1) is 5.56 Å². The molecule has 2 amide bonds. The van der Waals surface area contributed by atoms with Gasteiger partial charge in [0.2, 0.25) is 0 Å². The van der Waals surface area contributed by atoms with Crippen molar-refractivity contribution < 1.29 is 14.3 Å². The molecule has 1 unspecified atom stereocenters. The minimum Gasteiger partial charge on any atom is -0.484 e. The summed E-state index contributed by atoms with van der Waals surface area (Å²) in [6.45, 7) is 8.66. The normalized spacial score (nSPS) is 15.4. The number of hydrogen-bond acceptors (Lipinski definition) is 4. The summed E-state index contributed by atoms with van der Waals surface area (Å²) in [4.78, 5) is 27.4. The lowest BCUT2D eigenvalue weighted by Gasteiger charge is -2.33. The Morgan fingerprint density at radius 3 is 2.44 bits per heavy atom. The molecular formula is C28H32N2O3S. The molecule has 1 aromatic heterocycles. The number of ether oxygens (including phenoxy) is 1. The van der Waals surface area contributed by atoms with Gasteiger partial charge in [0.15, 0.2) is 6.61 Å². The zero-order valence-corrected chi connectivity index (χ0v) is 21.1. The van der Waals surface area contributed by atoms with E-state index in [1.807, 2.05) is 61.5 Å². The molecule has 34 heavy (non-hydrogen) atoms. The molecular weight excluding hydrogens is 444 g/mol. The van der Waals surface area contributed by atoms with Crippen LogP contribution >= 0.6 is 11.3 Å². The first kappa shape index (κ1) is 24.0. The van der Waals surface area contributed by atoms with Crippen molar-refractivity contribution in [1.82, 2.24) is 0 Å². The summed E-state index contributed by atoms with van der Waals surface area (Å²) in [5.41, 5.74) is 3.62. The van der Waals surface area contributed by atoms with Gasteiger partial charge in [-0.05, 0) is 66.8 Å². The van der Waals surface area contributed by atoms with E-state index in [1.165, 1.54) is 16.2 Å². The van der Waals surface area contributed by atoms with Gasteiger partial charge in [0.25, 0.3) is 11.8 Å². The number of anilines is 2. The van der Waals surface area contributed by atoms with Crippen LogP contribution in [0.5, 0.6) is 5.75 Å². The number of hydrogen-bond donors (Lipinski definition) is 2. The third-order valence-electron chi connectivity index (χ3n) is 6.48. The first-order valence-corrected chi connectivity index (χ1v) is 12.5. The monoisotopic (exact) mass is 476 g/mol. The van der Waals surface area contributed by atoms with E-state index in [0.29, 0.717) is 22.2 Å². The Morgan fingerprint density at radius 2 is 1.74 bits per heavy atom. The van der Waals surface area contributed by atoms with Gasteiger partial charge in [0, 0.05) is 10.6 Å². The summed E-state index contributed by atoms with van der Waals surface area (Å²) >= 11 is 1.53. The van der Waals surface area contributed by atoms with Crippen molar-refractivity contribution in [2.24, 2.45) is 11.3 Å². The highest BCUT2D eigenvalue weighted by Gasteiger charge is 2.34. The summed E-state index contributed by atoms with van der Waals surface area (Å²) in [6.07, 6.45) is 2.79. The van der Waals surface area contributed by atoms with Gasteiger partial charge in [-0.15, -0.1) is 11.3 Å². The molecule has 5 nitrogen and oxygen atoms in total. The van der Waals surface area contributed by atoms with Gasteiger partial charge in [-0.25, -0.2) is 0 Å². The molecule has 0 aliphatic heterocycles. The number of nitrogens with one attached hydrogen (secondary N) is 2. The van der Waals surface area contributed by atoms with E-state index in [9.17, 15) is 9.59 Å². The third kappa shape index (κ3) is 5.50. The van der Waals surface area contributed by atoms with Crippen LogP contribution in [0.1, 0.15) is 53.6 Å². The Kier molecular flexibility index (Phi) is 7.08. The zero-order chi connectivity index (χ0) is 24.3. The molecule has 178 valence electrons. The Morgan fingerprint density at radius 1 is 1.03 bits per heavy atom. The fourth-order valence-corrected chi connectivity index (χ4v) is 5.72. The second-order valence-corrected chi connectivity index (χ2v) is 11.0. The molecule has 1 atom stereocenters. The number of para-hydroxylation sites is 2. The van der Waals surface area contributed by atoms with Crippen molar-refractivity contribution in [3.63, 3.8) is 0 Å². The van der Waals surface area contributed by atoms with E-state index in [0.717, 1.165) is 36.1 Å². The first-order valence-electron chi connectivity index (χ1n) is 11.7. The van der Waals surface area contributed by atoms with E-state index in [4.69, 9.17) is 4.74 Å². The summed E-state index contributed by atoms with van der Waals surface area (Å²) in [5.74, 6) is 0.713. The molecule has 0 saturated heterocycles. The maximum atomic E-state index is 13.5. The third-order valence-corrected chi connectivity index (χ3v) is 7.65. The lowest BCUT2D eigenvalue weighted by Crippen LogP contribution is -2.27. The number of rotatable bonds is 6. The lowest BCUT2D eigenvalue weighted by atomic mass is 9.72. The maximum absolute atomic E-state index is 13.5. The van der Waals surface area contributed by atoms with Crippen molar-refractivity contribution >= 4 is 33.8 Å². The molecule has 2 N–H and O–H groups in total. The Labute approximate surface area is 205 Å². The van der Waals surface area contributed by atoms with E-state index >= 15 is 0 Å². The van der Waals surface area contributed by atoms with Gasteiger partial charge in [0.1, 0.15) is 10.8 Å². The molecule has 0 fully saturated rings. The molecule has 6 heteroatoms. The van der Waals surface area contributed by atoms with E-state index in [1.54, 1.807) is 0 Å². The van der Waals surface area contributed by atoms with Crippen molar-refractivity contribution in [2.75, 3.05) is 17.2 Å². The van der Waals surface area contributed by atoms with E-state index in [2.05, 4.69) is 31.4 Å². The Hall–Kier alpha value is -3.12. The molecule has 0 spiro atoms. The molecule has 1 aliphatic carbocycles. The predicted octanol–water partition coefficient (Wildman–Crippen LogP) is 6.48. The molecule has 0 bridgehead atoms. The van der Waals surface area contributed by atoms with Crippen LogP contribution in [0.15, 0.2) is 54.6 Å². The first-order chi connectivity index (χ1) is 16.2. The maximum Gasteiger partial charge on any atom is 0.262 e. The molecule has 3 aromatic rings. The van der Waals surface area contributed by atoms with Crippen LogP contribution in [-0.2, 0) is 17.6 Å². The minimum atomic E-state index is -0.278. The molecule has 2 aromatic carbocycles. The van der Waals surface area contributed by atoms with Crippen LogP contribution in [0.4, 0.5) is 10.7 Å². The van der Waals surface area contributed by atoms with Crippen LogP contribution in [0.3, 0.4) is 0 Å². The second-order valence-electron chi connectivity index (χ2n) is 9.93. The van der Waals surface area contributed by atoms with Crippen LogP contribution < -0.4 is 15.4 Å². The molecule has 0 saturated carbocycles. The number of aryl methyl sites for hydroxylation is 1. The number of fused-ring (bicyclic) bond motifs is 1. The number of amides is 2. The highest BCUT2D eigenvalue weighted by molar-refractivity contribution is 7.17. The molecule has 0 radical (unpaired) electrons. The average Bonchev–Trinajstić information content (AvgIpc) is 3.16. The topological polar surface area (TPSA) is 67.4 Å². The van der Waals surface area contributed by atoms with Crippen molar-refractivity contribution in [3.05, 3.63) is 76.2 Å². The smallest absolute Gasteiger partial charge is 0.262 e. The lowest BCUT2D eigenvalue weighted by molar-refractivity contribution is -0.118. The summed E-state index contributed by atoms with van der Waals surface area (Å²) in [5, 5.41) is 6.63. The second kappa shape index (κ2) is 10.0. The average molecular weight is 477 g/mol. The Bertz CT molecular complexity index is 1180. The molecule has 4 rings (SSSR count). The minimum absolute atomic E-state index is 0.115. The van der Waals surface area contributed by atoms with Crippen LogP contribution in [0, 0.1) is 18.3 Å². The zero-order valence-electron chi connectivity index (χ0n) is 20.2. The van der Waals surface area contributed by atoms with E-state index in [-0.39, 0.29) is 23.8 Å². The van der Waals surface area contributed by atoms with Gasteiger partial charge in [-0.2, -0.15) is 0 Å². The standard InChI is InChI=1S/C28H32N2O3S/c1-18-10-8-9-13-22(18)29-26(32)25-21-15-14-19(28(2,3)4)16-23(21)34-27(25)30-24(31)17-33-20-11-6-5-7-12-20/h5-13,19H,14-17H2,1-4H3,(H,29,32)(H,30,31). The number of benzene rings is 2. The fraction of sp³-hybridized carbons (Fsp3) is 0.357. The highest BCUT2D eigenvalue weighted by atomic mass is 32.1. The summed E-state index contributed by atoms with van der Waals surface area (Å²) in [7, 11) is 0. The van der Waals surface area contributed by atoms with Crippen molar-refractivity contribution in [3.8, 4) is 5.75 Å². The van der Waals surface area contributed by atoms with Gasteiger partial charge in [-0.1, -0.05) is 57.2 Å². The summed E-state index contributed by atoms with van der Waals surface area (Å²) in [6, 6.07) is 17.0. The van der Waals surface area contributed by atoms with Crippen LogP contribution in [0.2, 0.25) is 0 Å². The molecule has 1 aliphatic rings. The van der Waals surface area contributed by atoms with Crippen molar-refractivity contribution in [2.45, 2.75) is 47.0 Å². The largest absolute Gasteiger partial charge is 0.484 e. The highest BCUT2D eigenvalue weighted by Crippen LogP contribution is 2.44. The summed E-state index contributed by atoms with van der Waals surface area (Å²) < 4.78 is 5.61. The van der Waals surface area contributed by atoms with Crippen LogP contribution in [0.25, 0.3) is 0 Å². The van der Waals surface area contributed by atoms with Crippen LogP contribution in [-0.4, -0.2) is 18.4 Å². The number of thiophene rings is 1. The van der Waals surface area contributed by atoms with E-state index < -0.39 is 0 Å². The van der Waals surface area contributed by atoms with Gasteiger partial charge in [-0.3, -0.25) is 9.59 Å². The van der Waals surface area contributed by atoms with Gasteiger partial charge < -0.3 is 15.4 Å².